The lowest BCUT2D eigenvalue weighted by molar-refractivity contribution is -0.154. The molecule has 1 rings (SSSR count). The van der Waals surface area contributed by atoms with Crippen molar-refractivity contribution in [3.8, 4) is 0 Å². The Morgan fingerprint density at radius 3 is 1.18 bits per heavy atom. The van der Waals surface area contributed by atoms with E-state index in [4.69, 9.17) is 18.9 Å². The molecule has 0 amide bonds. The van der Waals surface area contributed by atoms with Crippen molar-refractivity contribution in [1.29, 1.82) is 0 Å². The Morgan fingerprint density at radius 2 is 0.831 bits per heavy atom. The number of carbonyl (C=O) groups excluding carboxylic acids is 4. The topological polar surface area (TPSA) is 112 Å². The molecule has 1 aliphatic rings. The highest BCUT2D eigenvalue weighted by atomic mass is 32.2. The Hall–Kier alpha value is -1.50. The summed E-state index contributed by atoms with van der Waals surface area (Å²) in [5.41, 5.74) is 0. The lowest BCUT2D eigenvalue weighted by Crippen LogP contribution is -2.39. The molecule has 0 aliphatic carbocycles. The molecule has 12 heteroatoms. The van der Waals surface area contributed by atoms with E-state index in [1.165, 1.54) is 154 Å². The van der Waals surface area contributed by atoms with E-state index < -0.39 is 0 Å². The number of nitrogens with zero attached hydrogens (tertiary/aromatic N) is 2. The van der Waals surface area contributed by atoms with E-state index in [1.54, 1.807) is 0 Å². The van der Waals surface area contributed by atoms with Crippen molar-refractivity contribution >= 4 is 47.4 Å². The molecule has 382 valence electrons. The van der Waals surface area contributed by atoms with Crippen LogP contribution in [0.5, 0.6) is 0 Å². The van der Waals surface area contributed by atoms with E-state index in [9.17, 15) is 19.2 Å². The standard InChI is InChI=1S/C53H100N2O8S2/c1-6-8-10-12-14-16-18-20-22-24-26-28-42-64-45-47(3)52(58)62-40-38-60-50(56)32-36-55(44-49-30-34-54(5)35-31-49)37-33-51(57)61-39-41-63-53(59)48(4)46-65-43-29-27-25-23-21-19-17-15-13-11-9-7-2/h47-49H,6-46H2,1-5H3. The Balaban J connectivity index is 2.18. The number of likely N-dealkylation sites (tertiary alicyclic amines) is 1. The molecule has 1 aliphatic heterocycles. The van der Waals surface area contributed by atoms with Crippen molar-refractivity contribution in [3.05, 3.63) is 0 Å². The molecule has 0 saturated carbocycles. The zero-order valence-corrected chi connectivity index (χ0v) is 44.3. The maximum atomic E-state index is 12.7. The Morgan fingerprint density at radius 1 is 0.508 bits per heavy atom. The molecule has 0 bridgehead atoms. The molecule has 0 aromatic heterocycles. The third-order valence-electron chi connectivity index (χ3n) is 12.6. The van der Waals surface area contributed by atoms with Crippen LogP contribution in [0.25, 0.3) is 0 Å². The van der Waals surface area contributed by atoms with Crippen LogP contribution >= 0.6 is 23.5 Å². The molecule has 0 aromatic carbocycles. The summed E-state index contributed by atoms with van der Waals surface area (Å²) in [6.45, 7) is 12.3. The summed E-state index contributed by atoms with van der Waals surface area (Å²) in [4.78, 5) is 54.9. The number of unbranched alkanes of at least 4 members (excludes halogenated alkanes) is 22. The van der Waals surface area contributed by atoms with Crippen LogP contribution in [-0.4, -0.2) is 123 Å². The number of ether oxygens (including phenoxy) is 4. The van der Waals surface area contributed by atoms with Crippen molar-refractivity contribution in [3.63, 3.8) is 0 Å². The van der Waals surface area contributed by atoms with E-state index in [0.29, 0.717) is 19.0 Å². The van der Waals surface area contributed by atoms with Crippen LogP contribution in [0.15, 0.2) is 0 Å². The molecule has 1 saturated heterocycles. The number of hydrogen-bond donors (Lipinski definition) is 0. The van der Waals surface area contributed by atoms with Crippen molar-refractivity contribution in [1.82, 2.24) is 9.80 Å². The molecule has 0 spiro atoms. The maximum absolute atomic E-state index is 12.7. The summed E-state index contributed by atoms with van der Waals surface area (Å²) >= 11 is 3.63. The Labute approximate surface area is 408 Å². The van der Waals surface area contributed by atoms with Crippen molar-refractivity contribution in [2.24, 2.45) is 17.8 Å². The molecule has 1 fully saturated rings. The van der Waals surface area contributed by atoms with Crippen LogP contribution in [0.2, 0.25) is 0 Å². The summed E-state index contributed by atoms with van der Waals surface area (Å²) in [5.74, 6) is 2.53. The normalized spacial score (nSPS) is 14.4. The van der Waals surface area contributed by atoms with Crippen LogP contribution in [0.1, 0.15) is 207 Å². The minimum atomic E-state index is -0.346. The van der Waals surface area contributed by atoms with Gasteiger partial charge in [0.05, 0.1) is 24.7 Å². The predicted octanol–water partition coefficient (Wildman–Crippen LogP) is 12.7. The highest BCUT2D eigenvalue weighted by Gasteiger charge is 2.22. The molecule has 1 heterocycles. The Kier molecular flexibility index (Phi) is 42.6. The predicted molar refractivity (Wildman–Crippen MR) is 275 cm³/mol. The van der Waals surface area contributed by atoms with Crippen LogP contribution in [0.3, 0.4) is 0 Å². The van der Waals surface area contributed by atoms with Crippen LogP contribution in [0, 0.1) is 17.8 Å². The number of thioether (sulfide) groups is 2. The van der Waals surface area contributed by atoms with Crippen LogP contribution in [0.4, 0.5) is 0 Å². The van der Waals surface area contributed by atoms with Crippen molar-refractivity contribution in [2.75, 3.05) is 89.2 Å². The first-order chi connectivity index (χ1) is 31.7. The lowest BCUT2D eigenvalue weighted by Gasteiger charge is -2.33. The smallest absolute Gasteiger partial charge is 0.309 e. The van der Waals surface area contributed by atoms with E-state index in [0.717, 1.165) is 55.5 Å². The second-order valence-electron chi connectivity index (χ2n) is 19.1. The van der Waals surface area contributed by atoms with E-state index in [1.807, 2.05) is 37.4 Å². The van der Waals surface area contributed by atoms with E-state index >= 15 is 0 Å². The van der Waals surface area contributed by atoms with Gasteiger partial charge in [0.25, 0.3) is 0 Å². The number of hydrogen-bond acceptors (Lipinski definition) is 12. The molecule has 2 atom stereocenters. The van der Waals surface area contributed by atoms with Gasteiger partial charge in [-0.2, -0.15) is 23.5 Å². The quantitative estimate of drug-likeness (QED) is 0.0329. The van der Waals surface area contributed by atoms with Gasteiger partial charge in [0.2, 0.25) is 0 Å². The minimum absolute atomic E-state index is 0.0340. The third-order valence-corrected chi connectivity index (χ3v) is 15.3. The number of rotatable bonds is 46. The first-order valence-electron chi connectivity index (χ1n) is 26.9. The first kappa shape index (κ1) is 61.5. The molecule has 0 radical (unpaired) electrons. The average molecular weight is 958 g/mol. The summed E-state index contributed by atoms with van der Waals surface area (Å²) in [6, 6.07) is 0. The molecular weight excluding hydrogens is 857 g/mol. The fourth-order valence-corrected chi connectivity index (χ4v) is 10.3. The summed E-state index contributed by atoms with van der Waals surface area (Å²) < 4.78 is 21.7. The van der Waals surface area contributed by atoms with Gasteiger partial charge in [-0.25, -0.2) is 0 Å². The summed E-state index contributed by atoms with van der Waals surface area (Å²) in [5, 5.41) is 0. The first-order valence-corrected chi connectivity index (χ1v) is 29.2. The van der Waals surface area contributed by atoms with Gasteiger partial charge < -0.3 is 28.7 Å². The van der Waals surface area contributed by atoms with Gasteiger partial charge in [-0.1, -0.05) is 169 Å². The molecule has 10 nitrogen and oxygen atoms in total. The number of carbonyl (C=O) groups is 4. The van der Waals surface area contributed by atoms with Gasteiger partial charge in [0.1, 0.15) is 26.4 Å². The van der Waals surface area contributed by atoms with Crippen molar-refractivity contribution < 1.29 is 38.1 Å². The second-order valence-corrected chi connectivity index (χ2v) is 21.4. The van der Waals surface area contributed by atoms with Gasteiger partial charge in [0.15, 0.2) is 0 Å². The van der Waals surface area contributed by atoms with Crippen LogP contribution in [-0.2, 0) is 38.1 Å². The highest BCUT2D eigenvalue weighted by molar-refractivity contribution is 7.99. The molecule has 0 aromatic rings. The number of piperidine rings is 1. The average Bonchev–Trinajstić information content (AvgIpc) is 3.30. The molecule has 65 heavy (non-hydrogen) atoms. The zero-order valence-electron chi connectivity index (χ0n) is 42.7. The van der Waals surface area contributed by atoms with Gasteiger partial charge in [-0.05, 0) is 63.2 Å². The Bertz CT molecular complexity index is 1070. The fraction of sp³-hybridized carbons (Fsp3) is 0.925. The second kappa shape index (κ2) is 45.0. The lowest BCUT2D eigenvalue weighted by atomic mass is 9.96. The molecule has 2 unspecified atom stereocenters. The third kappa shape index (κ3) is 39.1. The van der Waals surface area contributed by atoms with Gasteiger partial charge in [0, 0.05) is 31.1 Å². The number of esters is 4. The van der Waals surface area contributed by atoms with Crippen molar-refractivity contribution in [2.45, 2.75) is 207 Å². The van der Waals surface area contributed by atoms with Gasteiger partial charge in [-0.3, -0.25) is 19.2 Å². The minimum Gasteiger partial charge on any atom is -0.462 e. The summed E-state index contributed by atoms with van der Waals surface area (Å²) in [7, 11) is 2.13. The monoisotopic (exact) mass is 957 g/mol. The van der Waals surface area contributed by atoms with Gasteiger partial charge in [-0.15, -0.1) is 0 Å². The van der Waals surface area contributed by atoms with Crippen LogP contribution < -0.4 is 0 Å². The zero-order chi connectivity index (χ0) is 47.4. The maximum Gasteiger partial charge on any atom is 0.309 e. The molecular formula is C53H100N2O8S2. The summed E-state index contributed by atoms with van der Waals surface area (Å²) in [6.07, 6.45) is 34.7. The largest absolute Gasteiger partial charge is 0.462 e. The highest BCUT2D eigenvalue weighted by Crippen LogP contribution is 2.20. The molecule has 0 N–H and O–H groups in total. The van der Waals surface area contributed by atoms with E-state index in [2.05, 4.69) is 30.7 Å². The van der Waals surface area contributed by atoms with Gasteiger partial charge >= 0.3 is 23.9 Å². The SMILES string of the molecule is CCCCCCCCCCCCCCSCC(C)C(=O)OCCOC(=O)CCN(CCC(=O)OCCOC(=O)C(C)CSCCCCCCCCCCCCCC)CC1CCN(C)CC1. The fourth-order valence-electron chi connectivity index (χ4n) is 8.17. The van der Waals surface area contributed by atoms with E-state index in [-0.39, 0.29) is 75.0 Å².